The van der Waals surface area contributed by atoms with Gasteiger partial charge < -0.3 is 10.6 Å². The smallest absolute Gasteiger partial charge is 0.171 e. The summed E-state index contributed by atoms with van der Waals surface area (Å²) in [5.41, 5.74) is 4.04. The Morgan fingerprint density at radius 1 is 1.32 bits per heavy atom. The van der Waals surface area contributed by atoms with Gasteiger partial charge in [-0.25, -0.2) is 0 Å². The summed E-state index contributed by atoms with van der Waals surface area (Å²) < 4.78 is 3.64. The van der Waals surface area contributed by atoms with Crippen molar-refractivity contribution >= 4 is 23.0 Å². The van der Waals surface area contributed by atoms with E-state index in [1.165, 1.54) is 0 Å². The lowest BCUT2D eigenvalue weighted by Gasteiger charge is -2.08. The molecule has 0 bridgehead atoms. The number of aromatic nitrogens is 4. The van der Waals surface area contributed by atoms with Crippen molar-refractivity contribution in [2.45, 2.75) is 20.4 Å². The molecule has 0 aliphatic heterocycles. The van der Waals surface area contributed by atoms with Crippen molar-refractivity contribution < 1.29 is 0 Å². The van der Waals surface area contributed by atoms with E-state index < -0.39 is 0 Å². The van der Waals surface area contributed by atoms with Gasteiger partial charge in [0.1, 0.15) is 0 Å². The molecule has 0 spiro atoms. The lowest BCUT2D eigenvalue weighted by atomic mass is 10.4. The molecule has 2 N–H and O–H groups in total. The van der Waals surface area contributed by atoms with Gasteiger partial charge in [0.25, 0.3) is 0 Å². The summed E-state index contributed by atoms with van der Waals surface area (Å²) in [6.07, 6.45) is 1.76. The van der Waals surface area contributed by atoms with Crippen LogP contribution in [0.4, 0.5) is 5.69 Å². The minimum atomic E-state index is 0.569. The molecule has 2 rings (SSSR count). The Hall–Kier alpha value is -1.89. The molecule has 0 saturated heterocycles. The van der Waals surface area contributed by atoms with Crippen LogP contribution in [0, 0.1) is 13.8 Å². The van der Waals surface area contributed by atoms with E-state index in [-0.39, 0.29) is 0 Å². The molecule has 19 heavy (non-hydrogen) atoms. The number of hydrogen-bond donors (Lipinski definition) is 2. The molecule has 0 amide bonds. The third-order valence-corrected chi connectivity index (χ3v) is 3.32. The van der Waals surface area contributed by atoms with Gasteiger partial charge in [0, 0.05) is 19.8 Å². The van der Waals surface area contributed by atoms with Gasteiger partial charge in [0.2, 0.25) is 0 Å². The zero-order chi connectivity index (χ0) is 14.0. The summed E-state index contributed by atoms with van der Waals surface area (Å²) in [6.45, 7) is 4.61. The van der Waals surface area contributed by atoms with Crippen LogP contribution in [0.15, 0.2) is 12.3 Å². The van der Waals surface area contributed by atoms with E-state index in [1.807, 2.05) is 38.7 Å². The average molecular weight is 278 g/mol. The molecule has 0 atom stereocenters. The van der Waals surface area contributed by atoms with Crippen LogP contribution in [0.5, 0.6) is 0 Å². The van der Waals surface area contributed by atoms with Crippen LogP contribution in [-0.2, 0) is 20.6 Å². The van der Waals surface area contributed by atoms with E-state index in [0.29, 0.717) is 11.7 Å². The summed E-state index contributed by atoms with van der Waals surface area (Å²) >= 11 is 5.25. The van der Waals surface area contributed by atoms with Crippen molar-refractivity contribution in [1.82, 2.24) is 24.9 Å². The molecule has 7 heteroatoms. The van der Waals surface area contributed by atoms with Crippen LogP contribution in [0.3, 0.4) is 0 Å². The van der Waals surface area contributed by atoms with Crippen LogP contribution in [0.1, 0.15) is 17.1 Å². The van der Waals surface area contributed by atoms with Gasteiger partial charge in [0.05, 0.1) is 29.8 Å². The average Bonchev–Trinajstić information content (AvgIpc) is 2.84. The largest absolute Gasteiger partial charge is 0.357 e. The highest BCUT2D eigenvalue weighted by Gasteiger charge is 2.06. The molecule has 0 aromatic carbocycles. The topological polar surface area (TPSA) is 59.7 Å². The third kappa shape index (κ3) is 3.11. The van der Waals surface area contributed by atoms with Crippen molar-refractivity contribution in [3.63, 3.8) is 0 Å². The lowest BCUT2D eigenvalue weighted by molar-refractivity contribution is 0.712. The van der Waals surface area contributed by atoms with Crippen LogP contribution in [0.25, 0.3) is 0 Å². The Labute approximate surface area is 117 Å². The maximum atomic E-state index is 5.25. The van der Waals surface area contributed by atoms with Gasteiger partial charge in [-0.1, -0.05) is 0 Å². The van der Waals surface area contributed by atoms with E-state index in [1.54, 1.807) is 10.9 Å². The lowest BCUT2D eigenvalue weighted by Crippen LogP contribution is -2.28. The molecule has 6 nitrogen and oxygen atoms in total. The summed E-state index contributed by atoms with van der Waals surface area (Å²) in [5, 5.41) is 15.3. The molecule has 2 heterocycles. The Bertz CT molecular complexity index is 578. The van der Waals surface area contributed by atoms with Crippen molar-refractivity contribution in [2.24, 2.45) is 14.1 Å². The van der Waals surface area contributed by atoms with Gasteiger partial charge in [-0.2, -0.15) is 10.2 Å². The number of hydrogen-bond acceptors (Lipinski definition) is 3. The molecule has 0 aliphatic rings. The molecule has 102 valence electrons. The fourth-order valence-electron chi connectivity index (χ4n) is 1.68. The van der Waals surface area contributed by atoms with Gasteiger partial charge in [0.15, 0.2) is 5.11 Å². The van der Waals surface area contributed by atoms with Gasteiger partial charge in [-0.05, 0) is 32.1 Å². The van der Waals surface area contributed by atoms with Gasteiger partial charge in [-0.3, -0.25) is 9.36 Å². The first-order valence-corrected chi connectivity index (χ1v) is 6.41. The predicted molar refractivity (Wildman–Crippen MR) is 79.0 cm³/mol. The Balaban J connectivity index is 1.90. The Morgan fingerprint density at radius 3 is 2.58 bits per heavy atom. The van der Waals surface area contributed by atoms with Gasteiger partial charge in [-0.15, -0.1) is 0 Å². The summed E-state index contributed by atoms with van der Waals surface area (Å²) in [7, 11) is 3.82. The molecule has 0 radical (unpaired) electrons. The first kappa shape index (κ1) is 13.5. The monoisotopic (exact) mass is 278 g/mol. The Morgan fingerprint density at radius 2 is 2.05 bits per heavy atom. The summed E-state index contributed by atoms with van der Waals surface area (Å²) in [5.74, 6) is 0. The fraction of sp³-hybridized carbons (Fsp3) is 0.417. The minimum absolute atomic E-state index is 0.569. The number of rotatable bonds is 3. The van der Waals surface area contributed by atoms with E-state index in [4.69, 9.17) is 12.2 Å². The predicted octanol–water partition coefficient (Wildman–Crippen LogP) is 1.26. The van der Waals surface area contributed by atoms with Crippen molar-refractivity contribution in [3.8, 4) is 0 Å². The highest BCUT2D eigenvalue weighted by Crippen LogP contribution is 2.11. The zero-order valence-corrected chi connectivity index (χ0v) is 12.4. The molecule has 2 aromatic heterocycles. The molecular formula is C12H18N6S. The van der Waals surface area contributed by atoms with Crippen LogP contribution >= 0.6 is 12.2 Å². The Kier molecular flexibility index (Phi) is 3.84. The third-order valence-electron chi connectivity index (χ3n) is 3.08. The second kappa shape index (κ2) is 5.40. The molecule has 2 aromatic rings. The summed E-state index contributed by atoms with van der Waals surface area (Å²) in [4.78, 5) is 0. The normalized spacial score (nSPS) is 10.5. The SMILES string of the molecule is Cc1cc(CNC(=S)Nc2cnn(C)c2C)nn1C. The summed E-state index contributed by atoms with van der Waals surface area (Å²) in [6, 6.07) is 2.03. The maximum Gasteiger partial charge on any atom is 0.171 e. The molecule has 0 saturated carbocycles. The number of nitrogens with zero attached hydrogens (tertiary/aromatic N) is 4. The number of aryl methyl sites for hydroxylation is 3. The maximum absolute atomic E-state index is 5.25. The van der Waals surface area contributed by atoms with E-state index >= 15 is 0 Å². The highest BCUT2D eigenvalue weighted by molar-refractivity contribution is 7.80. The van der Waals surface area contributed by atoms with Crippen LogP contribution in [0.2, 0.25) is 0 Å². The second-order valence-corrected chi connectivity index (χ2v) is 4.88. The van der Waals surface area contributed by atoms with Crippen molar-refractivity contribution in [1.29, 1.82) is 0 Å². The van der Waals surface area contributed by atoms with E-state index in [9.17, 15) is 0 Å². The van der Waals surface area contributed by atoms with Crippen LogP contribution in [-0.4, -0.2) is 24.7 Å². The fourth-order valence-corrected chi connectivity index (χ4v) is 1.86. The first-order valence-electron chi connectivity index (χ1n) is 6.00. The first-order chi connectivity index (χ1) is 8.97. The number of nitrogens with one attached hydrogen (secondary N) is 2. The van der Waals surface area contributed by atoms with Crippen molar-refractivity contribution in [2.75, 3.05) is 5.32 Å². The minimum Gasteiger partial charge on any atom is -0.357 e. The molecule has 0 aliphatic carbocycles. The molecule has 0 fully saturated rings. The van der Waals surface area contributed by atoms with E-state index in [2.05, 4.69) is 20.8 Å². The standard InChI is InChI=1S/C12H18N6S/c1-8-5-10(16-17(8)3)6-13-12(19)15-11-7-14-18(4)9(11)2/h5,7H,6H2,1-4H3,(H2,13,15,19). The molecule has 0 unspecified atom stereocenters. The number of anilines is 1. The van der Waals surface area contributed by atoms with Crippen molar-refractivity contribution in [3.05, 3.63) is 29.3 Å². The second-order valence-electron chi connectivity index (χ2n) is 4.48. The zero-order valence-electron chi connectivity index (χ0n) is 11.6. The molecular weight excluding hydrogens is 260 g/mol. The highest BCUT2D eigenvalue weighted by atomic mass is 32.1. The van der Waals surface area contributed by atoms with Gasteiger partial charge >= 0.3 is 0 Å². The van der Waals surface area contributed by atoms with Crippen LogP contribution < -0.4 is 10.6 Å². The number of thiocarbonyl (C=S) groups is 1. The quantitative estimate of drug-likeness (QED) is 0.828. The van der Waals surface area contributed by atoms with E-state index in [0.717, 1.165) is 22.8 Å².